The summed E-state index contributed by atoms with van der Waals surface area (Å²) in [7, 11) is 0. The number of aromatic nitrogens is 1. The number of carbonyl (C=O) groups is 1. The highest BCUT2D eigenvalue weighted by Crippen LogP contribution is 2.39. The third kappa shape index (κ3) is 3.56. The number of carbonyl (C=O) groups excluding carboxylic acids is 1. The molecule has 3 saturated heterocycles. The van der Waals surface area contributed by atoms with Crippen LogP contribution in [0.25, 0.3) is 0 Å². The number of piperazine rings is 1. The van der Waals surface area contributed by atoms with Crippen molar-refractivity contribution in [1.82, 2.24) is 19.7 Å². The molecule has 0 bridgehead atoms. The van der Waals surface area contributed by atoms with E-state index < -0.39 is 0 Å². The number of fused-ring (bicyclic) bond motifs is 2. The molecule has 1 N–H and O–H groups in total. The summed E-state index contributed by atoms with van der Waals surface area (Å²) >= 11 is 0. The Balaban J connectivity index is 1.28. The molecule has 1 amide bonds. The van der Waals surface area contributed by atoms with Crippen molar-refractivity contribution in [3.8, 4) is 0 Å². The van der Waals surface area contributed by atoms with Gasteiger partial charge in [-0.2, -0.15) is 0 Å². The van der Waals surface area contributed by atoms with Gasteiger partial charge in [0.05, 0.1) is 17.2 Å². The minimum Gasteiger partial charge on any atom is -0.392 e. The van der Waals surface area contributed by atoms with Crippen LogP contribution in [-0.4, -0.2) is 87.7 Å². The topological polar surface area (TPSA) is 59.9 Å². The molecule has 2 unspecified atom stereocenters. The summed E-state index contributed by atoms with van der Waals surface area (Å²) in [5, 5.41) is 10.3. The number of nitrogens with zero attached hydrogens (tertiary/aromatic N) is 4. The quantitative estimate of drug-likeness (QED) is 0.849. The third-order valence-electron chi connectivity index (χ3n) is 6.71. The molecule has 3 aliphatic rings. The van der Waals surface area contributed by atoms with Crippen molar-refractivity contribution in [2.24, 2.45) is 0 Å². The molecule has 5 rings (SSSR count). The number of aliphatic hydroxyl groups is 1. The van der Waals surface area contributed by atoms with E-state index in [0.717, 1.165) is 52.1 Å². The Morgan fingerprint density at radius 3 is 2.69 bits per heavy atom. The van der Waals surface area contributed by atoms with Gasteiger partial charge in [0, 0.05) is 57.7 Å². The first-order valence-corrected chi connectivity index (χ1v) is 10.5. The SMILES string of the molecule is O=C(c1cccnc1)N1CC2(CN(CCc3ccccc3)CC3CC(O)CN32)C1. The minimum atomic E-state index is -0.256. The fraction of sp³-hybridized carbons (Fsp3) is 0.478. The summed E-state index contributed by atoms with van der Waals surface area (Å²) in [4.78, 5) is 23.8. The van der Waals surface area contributed by atoms with E-state index in [9.17, 15) is 9.90 Å². The summed E-state index contributed by atoms with van der Waals surface area (Å²) in [6.07, 6.45) is 4.94. The van der Waals surface area contributed by atoms with Crippen molar-refractivity contribution in [2.45, 2.75) is 30.5 Å². The van der Waals surface area contributed by atoms with Crippen LogP contribution in [0.2, 0.25) is 0 Å². The van der Waals surface area contributed by atoms with E-state index in [1.807, 2.05) is 17.0 Å². The summed E-state index contributed by atoms with van der Waals surface area (Å²) in [5.74, 6) is 0.0569. The second-order valence-corrected chi connectivity index (χ2v) is 8.79. The van der Waals surface area contributed by atoms with Crippen molar-refractivity contribution in [3.63, 3.8) is 0 Å². The number of rotatable bonds is 4. The number of β-amino-alcohol motifs (C(OH)–C–C–N with tert-alkyl or cyclic N) is 1. The first-order valence-electron chi connectivity index (χ1n) is 10.5. The molecule has 6 nitrogen and oxygen atoms in total. The molecule has 152 valence electrons. The van der Waals surface area contributed by atoms with E-state index in [0.29, 0.717) is 11.6 Å². The maximum Gasteiger partial charge on any atom is 0.255 e. The monoisotopic (exact) mass is 392 g/mol. The summed E-state index contributed by atoms with van der Waals surface area (Å²) in [6.45, 7) is 5.16. The van der Waals surface area contributed by atoms with Gasteiger partial charge in [-0.15, -0.1) is 0 Å². The lowest BCUT2D eigenvalue weighted by Gasteiger charge is -2.61. The van der Waals surface area contributed by atoms with Gasteiger partial charge < -0.3 is 10.0 Å². The van der Waals surface area contributed by atoms with Crippen molar-refractivity contribution >= 4 is 5.91 Å². The molecule has 4 heterocycles. The summed E-state index contributed by atoms with van der Waals surface area (Å²) < 4.78 is 0. The van der Waals surface area contributed by atoms with Gasteiger partial charge in [-0.25, -0.2) is 0 Å². The van der Waals surface area contributed by atoms with Crippen LogP contribution in [0, 0.1) is 0 Å². The number of aliphatic hydroxyl groups excluding tert-OH is 1. The molecular formula is C23H28N4O2. The molecule has 1 aromatic heterocycles. The number of hydrogen-bond donors (Lipinski definition) is 1. The van der Waals surface area contributed by atoms with Crippen LogP contribution >= 0.6 is 0 Å². The van der Waals surface area contributed by atoms with Crippen molar-refractivity contribution < 1.29 is 9.90 Å². The van der Waals surface area contributed by atoms with E-state index in [1.54, 1.807) is 12.4 Å². The molecule has 29 heavy (non-hydrogen) atoms. The lowest BCUT2D eigenvalue weighted by molar-refractivity contribution is -0.0996. The van der Waals surface area contributed by atoms with Crippen molar-refractivity contribution in [3.05, 3.63) is 66.0 Å². The average molecular weight is 393 g/mol. The van der Waals surface area contributed by atoms with E-state index in [-0.39, 0.29) is 17.6 Å². The van der Waals surface area contributed by atoms with Crippen molar-refractivity contribution in [2.75, 3.05) is 39.3 Å². The van der Waals surface area contributed by atoms with Gasteiger partial charge in [0.2, 0.25) is 0 Å². The Bertz CT molecular complexity index is 854. The molecule has 3 fully saturated rings. The molecule has 1 spiro atoms. The Kier molecular flexibility index (Phi) is 4.86. The Morgan fingerprint density at radius 2 is 1.93 bits per heavy atom. The van der Waals surface area contributed by atoms with Gasteiger partial charge in [-0.05, 0) is 30.5 Å². The Morgan fingerprint density at radius 1 is 1.10 bits per heavy atom. The zero-order valence-electron chi connectivity index (χ0n) is 16.7. The molecule has 2 aromatic rings. The van der Waals surface area contributed by atoms with Crippen LogP contribution < -0.4 is 0 Å². The van der Waals surface area contributed by atoms with E-state index in [1.165, 1.54) is 5.56 Å². The number of hydrogen-bond acceptors (Lipinski definition) is 5. The van der Waals surface area contributed by atoms with Crippen LogP contribution in [0.3, 0.4) is 0 Å². The van der Waals surface area contributed by atoms with Crippen molar-refractivity contribution in [1.29, 1.82) is 0 Å². The normalized spacial score (nSPS) is 26.3. The molecule has 2 atom stereocenters. The lowest BCUT2D eigenvalue weighted by atomic mass is 9.83. The second kappa shape index (κ2) is 7.52. The van der Waals surface area contributed by atoms with Gasteiger partial charge in [-0.1, -0.05) is 30.3 Å². The molecule has 0 aliphatic carbocycles. The highest BCUT2D eigenvalue weighted by atomic mass is 16.3. The minimum absolute atomic E-state index is 0.0328. The first kappa shape index (κ1) is 18.7. The second-order valence-electron chi connectivity index (χ2n) is 8.79. The van der Waals surface area contributed by atoms with Crippen LogP contribution in [0.4, 0.5) is 0 Å². The molecule has 6 heteroatoms. The molecule has 1 aromatic carbocycles. The first-order chi connectivity index (χ1) is 14.1. The van der Waals surface area contributed by atoms with Gasteiger partial charge in [0.15, 0.2) is 0 Å². The highest BCUT2D eigenvalue weighted by molar-refractivity contribution is 5.94. The standard InChI is InChI=1S/C23H28N4O2/c28-21-11-20-13-25(10-8-18-5-2-1-3-6-18)15-23(27(20)14-21)16-26(17-23)22(29)19-7-4-9-24-12-19/h1-7,9,12,20-21,28H,8,10-11,13-17H2. The lowest BCUT2D eigenvalue weighted by Crippen LogP contribution is -2.78. The number of benzene rings is 1. The maximum atomic E-state index is 12.8. The molecule has 0 saturated carbocycles. The maximum absolute atomic E-state index is 12.8. The predicted octanol–water partition coefficient (Wildman–Crippen LogP) is 1.27. The predicted molar refractivity (Wildman–Crippen MR) is 111 cm³/mol. The summed E-state index contributed by atoms with van der Waals surface area (Å²) in [6, 6.07) is 14.6. The molecule has 0 radical (unpaired) electrons. The fourth-order valence-electron chi connectivity index (χ4n) is 5.38. The van der Waals surface area contributed by atoms with E-state index >= 15 is 0 Å². The van der Waals surface area contributed by atoms with E-state index in [2.05, 4.69) is 45.1 Å². The van der Waals surface area contributed by atoms with Crippen LogP contribution in [0.1, 0.15) is 22.3 Å². The summed E-state index contributed by atoms with van der Waals surface area (Å²) in [5.41, 5.74) is 1.98. The van der Waals surface area contributed by atoms with Gasteiger partial charge in [0.25, 0.3) is 5.91 Å². The fourth-order valence-corrected chi connectivity index (χ4v) is 5.38. The number of pyridine rings is 1. The van der Waals surface area contributed by atoms with Gasteiger partial charge in [0.1, 0.15) is 0 Å². The Labute approximate surface area is 171 Å². The van der Waals surface area contributed by atoms with Crippen LogP contribution in [0.5, 0.6) is 0 Å². The van der Waals surface area contributed by atoms with E-state index in [4.69, 9.17) is 0 Å². The number of amides is 1. The third-order valence-corrected chi connectivity index (χ3v) is 6.71. The van der Waals surface area contributed by atoms with Gasteiger partial charge in [-0.3, -0.25) is 19.6 Å². The average Bonchev–Trinajstić information content (AvgIpc) is 3.11. The zero-order valence-corrected chi connectivity index (χ0v) is 16.7. The smallest absolute Gasteiger partial charge is 0.255 e. The highest BCUT2D eigenvalue weighted by Gasteiger charge is 2.56. The number of likely N-dealkylation sites (tertiary alicyclic amines) is 1. The van der Waals surface area contributed by atoms with Crippen LogP contribution in [-0.2, 0) is 6.42 Å². The molecular weight excluding hydrogens is 364 g/mol. The molecule has 3 aliphatic heterocycles. The van der Waals surface area contributed by atoms with Gasteiger partial charge >= 0.3 is 0 Å². The largest absolute Gasteiger partial charge is 0.392 e. The van der Waals surface area contributed by atoms with Crippen LogP contribution in [0.15, 0.2) is 54.9 Å². The zero-order chi connectivity index (χ0) is 19.8. The Hall–Kier alpha value is -2.28.